The maximum atomic E-state index is 12.4. The fourth-order valence-electron chi connectivity index (χ4n) is 3.46. The summed E-state index contributed by atoms with van der Waals surface area (Å²) in [5.74, 6) is -0.469. The smallest absolute Gasteiger partial charge is 0.387 e. The maximum Gasteiger partial charge on any atom is 0.387 e. The van der Waals surface area contributed by atoms with E-state index in [1.54, 1.807) is 6.07 Å². The van der Waals surface area contributed by atoms with Gasteiger partial charge in [0.2, 0.25) is 5.91 Å². The minimum atomic E-state index is -3.01. The van der Waals surface area contributed by atoms with Gasteiger partial charge in [-0.2, -0.15) is 17.6 Å². The van der Waals surface area contributed by atoms with Crippen LogP contribution in [-0.2, 0) is 9.53 Å². The fraction of sp³-hybridized carbons (Fsp3) is 0.632. The predicted octanol–water partition coefficient (Wildman–Crippen LogP) is 4.02. The third-order valence-electron chi connectivity index (χ3n) is 4.81. The Bertz CT molecular complexity index is 611. The number of carbonyl (C=O) groups excluding carboxylic acids is 1. The van der Waals surface area contributed by atoms with Crippen LogP contribution in [0.3, 0.4) is 0 Å². The average molecular weight is 407 g/mol. The predicted molar refractivity (Wildman–Crippen MR) is 93.1 cm³/mol. The van der Waals surface area contributed by atoms with Crippen molar-refractivity contribution in [3.05, 3.63) is 29.8 Å². The van der Waals surface area contributed by atoms with Crippen molar-refractivity contribution in [2.45, 2.75) is 63.9 Å². The van der Waals surface area contributed by atoms with E-state index in [4.69, 9.17) is 0 Å². The molecule has 0 aliphatic heterocycles. The van der Waals surface area contributed by atoms with Crippen LogP contribution in [0.2, 0.25) is 0 Å². The number of halogens is 4. The summed E-state index contributed by atoms with van der Waals surface area (Å²) in [6.07, 6.45) is 2.91. The zero-order valence-electron chi connectivity index (χ0n) is 15.3. The molecule has 1 saturated carbocycles. The molecule has 1 fully saturated rings. The molecule has 2 atom stereocenters. The van der Waals surface area contributed by atoms with Gasteiger partial charge in [-0.1, -0.05) is 25.0 Å². The second-order valence-corrected chi connectivity index (χ2v) is 6.81. The quantitative estimate of drug-likeness (QED) is 0.544. The number of alkyl halides is 4. The van der Waals surface area contributed by atoms with Gasteiger partial charge in [-0.05, 0) is 42.9 Å². The topological polar surface area (TPSA) is 67.8 Å². The van der Waals surface area contributed by atoms with E-state index < -0.39 is 31.3 Å². The SMILES string of the molecule is O=C(C[C@H](O)C1CCCC1)N[C@@H](CCOC(F)F)c1cccc(OC(F)F)c1. The van der Waals surface area contributed by atoms with Gasteiger partial charge in [-0.25, -0.2) is 0 Å². The Labute approximate surface area is 161 Å². The molecule has 0 saturated heterocycles. The molecular formula is C19H25F4NO4. The summed E-state index contributed by atoms with van der Waals surface area (Å²) in [5, 5.41) is 12.9. The number of hydrogen-bond acceptors (Lipinski definition) is 4. The van der Waals surface area contributed by atoms with Gasteiger partial charge in [-0.15, -0.1) is 0 Å². The number of hydrogen-bond donors (Lipinski definition) is 2. The molecule has 0 heterocycles. The molecule has 1 aromatic rings. The van der Waals surface area contributed by atoms with E-state index in [1.165, 1.54) is 18.2 Å². The first-order valence-electron chi connectivity index (χ1n) is 9.27. The van der Waals surface area contributed by atoms with Crippen molar-refractivity contribution in [1.29, 1.82) is 0 Å². The van der Waals surface area contributed by atoms with E-state index in [0.717, 1.165) is 25.7 Å². The molecule has 0 unspecified atom stereocenters. The monoisotopic (exact) mass is 407 g/mol. The Balaban J connectivity index is 2.02. The summed E-state index contributed by atoms with van der Waals surface area (Å²) < 4.78 is 58.0. The molecule has 0 bridgehead atoms. The molecule has 0 spiro atoms. The summed E-state index contributed by atoms with van der Waals surface area (Å²) in [5.41, 5.74) is 0.416. The lowest BCUT2D eigenvalue weighted by molar-refractivity contribution is -0.132. The highest BCUT2D eigenvalue weighted by Crippen LogP contribution is 2.29. The summed E-state index contributed by atoms with van der Waals surface area (Å²) in [4.78, 5) is 12.3. The van der Waals surface area contributed by atoms with Crippen LogP contribution in [0.15, 0.2) is 24.3 Å². The highest BCUT2D eigenvalue weighted by molar-refractivity contribution is 5.77. The molecule has 5 nitrogen and oxygen atoms in total. The Morgan fingerprint density at radius 2 is 1.89 bits per heavy atom. The first kappa shape index (κ1) is 22.4. The van der Waals surface area contributed by atoms with Gasteiger partial charge < -0.3 is 19.9 Å². The number of aliphatic hydroxyl groups is 1. The number of benzene rings is 1. The highest BCUT2D eigenvalue weighted by Gasteiger charge is 2.26. The van der Waals surface area contributed by atoms with Gasteiger partial charge in [-0.3, -0.25) is 4.79 Å². The largest absolute Gasteiger partial charge is 0.435 e. The van der Waals surface area contributed by atoms with Gasteiger partial charge in [0.1, 0.15) is 5.75 Å². The molecule has 9 heteroatoms. The van der Waals surface area contributed by atoms with Crippen LogP contribution < -0.4 is 10.1 Å². The van der Waals surface area contributed by atoms with Crippen molar-refractivity contribution in [2.75, 3.05) is 6.61 Å². The van der Waals surface area contributed by atoms with E-state index in [2.05, 4.69) is 14.8 Å². The van der Waals surface area contributed by atoms with E-state index in [1.807, 2.05) is 0 Å². The summed E-state index contributed by atoms with van der Waals surface area (Å²) in [6, 6.07) is 4.93. The first-order chi connectivity index (χ1) is 13.3. The van der Waals surface area contributed by atoms with Crippen LogP contribution in [0.5, 0.6) is 5.75 Å². The van der Waals surface area contributed by atoms with Crippen LogP contribution in [-0.4, -0.2) is 36.9 Å². The Morgan fingerprint density at radius 3 is 2.54 bits per heavy atom. The molecule has 28 heavy (non-hydrogen) atoms. The second-order valence-electron chi connectivity index (χ2n) is 6.81. The molecule has 1 aliphatic rings. The van der Waals surface area contributed by atoms with Crippen LogP contribution >= 0.6 is 0 Å². The van der Waals surface area contributed by atoms with Crippen LogP contribution in [0.4, 0.5) is 17.6 Å². The normalized spacial score (nSPS) is 17.1. The zero-order chi connectivity index (χ0) is 20.5. The Hall–Kier alpha value is -1.87. The lowest BCUT2D eigenvalue weighted by atomic mass is 9.97. The van der Waals surface area contributed by atoms with E-state index in [0.29, 0.717) is 5.56 Å². The van der Waals surface area contributed by atoms with Gasteiger partial charge in [0.05, 0.1) is 25.2 Å². The number of carbonyl (C=O) groups is 1. The molecule has 0 radical (unpaired) electrons. The highest BCUT2D eigenvalue weighted by atomic mass is 19.3. The van der Waals surface area contributed by atoms with Crippen molar-refractivity contribution in [1.82, 2.24) is 5.32 Å². The molecular weight excluding hydrogens is 382 g/mol. The standard InChI is InChI=1S/C19H25F4NO4/c20-18(21)27-9-8-15(13-6-3-7-14(10-13)28-19(22)23)24-17(26)11-16(25)12-4-1-2-5-12/h3,6-7,10,12,15-16,18-19,25H,1-2,4-5,8-9,11H2,(H,24,26)/t15-,16-/m0/s1. The lowest BCUT2D eigenvalue weighted by Crippen LogP contribution is -2.33. The molecule has 158 valence electrons. The third kappa shape index (κ3) is 7.63. The van der Waals surface area contributed by atoms with E-state index in [9.17, 15) is 27.5 Å². The minimum Gasteiger partial charge on any atom is -0.435 e. The van der Waals surface area contributed by atoms with Crippen molar-refractivity contribution in [3.63, 3.8) is 0 Å². The van der Waals surface area contributed by atoms with Gasteiger partial charge in [0, 0.05) is 0 Å². The molecule has 0 aromatic heterocycles. The first-order valence-corrected chi connectivity index (χ1v) is 9.27. The number of nitrogens with one attached hydrogen (secondary N) is 1. The maximum absolute atomic E-state index is 12.4. The van der Waals surface area contributed by atoms with Crippen molar-refractivity contribution in [2.24, 2.45) is 5.92 Å². The van der Waals surface area contributed by atoms with Crippen molar-refractivity contribution < 1.29 is 36.9 Å². The summed E-state index contributed by atoms with van der Waals surface area (Å²) in [6.45, 7) is -6.30. The Kier molecular flexibility index (Phi) is 8.98. The molecule has 1 aromatic carbocycles. The molecule has 1 aliphatic carbocycles. The number of rotatable bonds is 11. The summed E-state index contributed by atoms with van der Waals surface area (Å²) >= 11 is 0. The van der Waals surface area contributed by atoms with E-state index in [-0.39, 0.29) is 31.1 Å². The fourth-order valence-corrected chi connectivity index (χ4v) is 3.46. The van der Waals surface area contributed by atoms with Crippen molar-refractivity contribution >= 4 is 5.91 Å². The summed E-state index contributed by atoms with van der Waals surface area (Å²) in [7, 11) is 0. The number of ether oxygens (including phenoxy) is 2. The van der Waals surface area contributed by atoms with Gasteiger partial charge in [0.15, 0.2) is 0 Å². The van der Waals surface area contributed by atoms with Crippen molar-refractivity contribution in [3.8, 4) is 5.75 Å². The van der Waals surface area contributed by atoms with Crippen LogP contribution in [0, 0.1) is 5.92 Å². The molecule has 2 rings (SSSR count). The molecule has 2 N–H and O–H groups in total. The van der Waals surface area contributed by atoms with E-state index >= 15 is 0 Å². The van der Waals surface area contributed by atoms with Gasteiger partial charge >= 0.3 is 13.2 Å². The lowest BCUT2D eigenvalue weighted by Gasteiger charge is -2.22. The van der Waals surface area contributed by atoms with Crippen LogP contribution in [0.1, 0.15) is 50.1 Å². The number of amides is 1. The number of aliphatic hydroxyl groups excluding tert-OH is 1. The molecule has 1 amide bonds. The zero-order valence-corrected chi connectivity index (χ0v) is 15.3. The van der Waals surface area contributed by atoms with Crippen LogP contribution in [0.25, 0.3) is 0 Å². The Morgan fingerprint density at radius 1 is 1.18 bits per heavy atom. The third-order valence-corrected chi connectivity index (χ3v) is 4.81. The second kappa shape index (κ2) is 11.2. The van der Waals surface area contributed by atoms with Gasteiger partial charge in [0.25, 0.3) is 0 Å². The average Bonchev–Trinajstić information content (AvgIpc) is 3.15. The minimum absolute atomic E-state index is 0.00767.